The van der Waals surface area contributed by atoms with Crippen LogP contribution in [0.5, 0.6) is 0 Å². The number of nitrogens with zero attached hydrogens (tertiary/aromatic N) is 2. The van der Waals surface area contributed by atoms with Crippen molar-refractivity contribution in [3.05, 3.63) is 89.2 Å². The highest BCUT2D eigenvalue weighted by Gasteiger charge is 2.30. The molecule has 4 aromatic rings. The number of rotatable bonds is 3. The number of para-hydroxylation sites is 1. The van der Waals surface area contributed by atoms with Crippen molar-refractivity contribution >= 4 is 34.1 Å². The van der Waals surface area contributed by atoms with E-state index in [-0.39, 0.29) is 11.3 Å². The average Bonchev–Trinajstić information content (AvgIpc) is 2.73. The summed E-state index contributed by atoms with van der Waals surface area (Å²) in [7, 11) is 0. The number of hydrogen-bond acceptors (Lipinski definition) is 3. The van der Waals surface area contributed by atoms with Gasteiger partial charge in [-0.05, 0) is 42.5 Å². The molecule has 2 aromatic carbocycles. The summed E-state index contributed by atoms with van der Waals surface area (Å²) in [6.07, 6.45) is -1.30. The molecule has 4 nitrogen and oxygen atoms in total. The van der Waals surface area contributed by atoms with Gasteiger partial charge in [-0.2, -0.15) is 13.2 Å². The van der Waals surface area contributed by atoms with Gasteiger partial charge in [0.05, 0.1) is 27.4 Å². The second-order valence-electron chi connectivity index (χ2n) is 6.47. The highest BCUT2D eigenvalue weighted by molar-refractivity contribution is 6.35. The number of hydrogen-bond donors (Lipinski definition) is 1. The van der Waals surface area contributed by atoms with E-state index in [4.69, 9.17) is 11.6 Å². The van der Waals surface area contributed by atoms with Gasteiger partial charge in [0.1, 0.15) is 0 Å². The smallest absolute Gasteiger partial charge is 0.322 e. The number of aromatic nitrogens is 2. The first-order valence-electron chi connectivity index (χ1n) is 8.81. The lowest BCUT2D eigenvalue weighted by Crippen LogP contribution is -2.14. The van der Waals surface area contributed by atoms with E-state index in [9.17, 15) is 18.0 Å². The van der Waals surface area contributed by atoms with Crippen LogP contribution in [0.25, 0.3) is 22.2 Å². The van der Waals surface area contributed by atoms with Gasteiger partial charge in [-0.3, -0.25) is 9.78 Å². The van der Waals surface area contributed by atoms with E-state index < -0.39 is 17.6 Å². The fraction of sp³-hybridized carbons (Fsp3) is 0.0455. The Kier molecular flexibility index (Phi) is 5.13. The number of fused-ring (bicyclic) bond motifs is 1. The minimum atomic E-state index is -4.51. The zero-order valence-electron chi connectivity index (χ0n) is 15.2. The predicted molar refractivity (Wildman–Crippen MR) is 109 cm³/mol. The summed E-state index contributed by atoms with van der Waals surface area (Å²) < 4.78 is 38.9. The molecular weight excluding hydrogens is 415 g/mol. The minimum absolute atomic E-state index is 0.0322. The molecule has 2 heterocycles. The summed E-state index contributed by atoms with van der Waals surface area (Å²) in [5.41, 5.74) is 0.975. The van der Waals surface area contributed by atoms with Crippen LogP contribution in [0.15, 0.2) is 73.1 Å². The Bertz CT molecular complexity index is 1240. The fourth-order valence-electron chi connectivity index (χ4n) is 3.04. The molecule has 0 radical (unpaired) electrons. The number of halogens is 4. The molecule has 150 valence electrons. The van der Waals surface area contributed by atoms with Crippen molar-refractivity contribution in [1.29, 1.82) is 0 Å². The molecule has 0 aliphatic carbocycles. The summed E-state index contributed by atoms with van der Waals surface area (Å²) in [6.45, 7) is 0. The van der Waals surface area contributed by atoms with Crippen LogP contribution in [0, 0.1) is 0 Å². The summed E-state index contributed by atoms with van der Waals surface area (Å²) in [5.74, 6) is -0.575. The maximum atomic E-state index is 13.0. The number of alkyl halides is 3. The summed E-state index contributed by atoms with van der Waals surface area (Å²) in [6, 6.07) is 14.6. The van der Waals surface area contributed by atoms with Crippen LogP contribution < -0.4 is 5.32 Å². The van der Waals surface area contributed by atoms with E-state index in [2.05, 4.69) is 15.3 Å². The van der Waals surface area contributed by atoms with Gasteiger partial charge in [-0.25, -0.2) is 4.98 Å². The Morgan fingerprint density at radius 1 is 1.00 bits per heavy atom. The lowest BCUT2D eigenvalue weighted by Gasteiger charge is -2.13. The Hall–Kier alpha value is -3.45. The third-order valence-corrected chi connectivity index (χ3v) is 4.74. The molecule has 0 unspecified atom stereocenters. The van der Waals surface area contributed by atoms with Crippen molar-refractivity contribution in [2.75, 3.05) is 5.32 Å². The van der Waals surface area contributed by atoms with Crippen molar-refractivity contribution in [2.24, 2.45) is 0 Å². The van der Waals surface area contributed by atoms with Crippen LogP contribution in [-0.2, 0) is 6.18 Å². The van der Waals surface area contributed by atoms with E-state index in [0.29, 0.717) is 27.2 Å². The van der Waals surface area contributed by atoms with E-state index in [1.807, 2.05) is 0 Å². The Morgan fingerprint density at radius 3 is 2.53 bits per heavy atom. The number of pyridine rings is 2. The largest absolute Gasteiger partial charge is 0.416 e. The van der Waals surface area contributed by atoms with Crippen molar-refractivity contribution in [3.8, 4) is 11.3 Å². The normalized spacial score (nSPS) is 11.5. The van der Waals surface area contributed by atoms with Crippen molar-refractivity contribution < 1.29 is 18.0 Å². The van der Waals surface area contributed by atoms with Gasteiger partial charge in [-0.1, -0.05) is 29.8 Å². The monoisotopic (exact) mass is 427 g/mol. The second kappa shape index (κ2) is 7.76. The predicted octanol–water partition coefficient (Wildman–Crippen LogP) is 6.22. The average molecular weight is 428 g/mol. The highest BCUT2D eigenvalue weighted by Crippen LogP contribution is 2.32. The molecule has 4 rings (SSSR count). The molecular formula is C22H13ClF3N3O. The van der Waals surface area contributed by atoms with Gasteiger partial charge in [0.15, 0.2) is 0 Å². The van der Waals surface area contributed by atoms with E-state index in [1.165, 1.54) is 12.1 Å². The molecule has 0 bridgehead atoms. The summed E-state index contributed by atoms with van der Waals surface area (Å²) in [5, 5.41) is 3.37. The number of amides is 1. The van der Waals surface area contributed by atoms with E-state index in [0.717, 1.165) is 12.1 Å². The lowest BCUT2D eigenvalue weighted by atomic mass is 10.0. The third-order valence-electron chi connectivity index (χ3n) is 4.44. The quantitative estimate of drug-likeness (QED) is 0.422. The number of benzene rings is 2. The maximum absolute atomic E-state index is 13.0. The molecule has 30 heavy (non-hydrogen) atoms. The van der Waals surface area contributed by atoms with Crippen LogP contribution in [-0.4, -0.2) is 15.9 Å². The second-order valence-corrected chi connectivity index (χ2v) is 6.87. The van der Waals surface area contributed by atoms with Crippen LogP contribution in [0.4, 0.5) is 18.9 Å². The van der Waals surface area contributed by atoms with Crippen LogP contribution in [0.2, 0.25) is 5.02 Å². The molecule has 1 amide bonds. The number of anilines is 1. The van der Waals surface area contributed by atoms with E-state index >= 15 is 0 Å². The Morgan fingerprint density at radius 2 is 1.80 bits per heavy atom. The Balaban J connectivity index is 1.80. The van der Waals surface area contributed by atoms with Crippen molar-refractivity contribution in [3.63, 3.8) is 0 Å². The van der Waals surface area contributed by atoms with Gasteiger partial charge in [0.25, 0.3) is 5.91 Å². The van der Waals surface area contributed by atoms with Gasteiger partial charge < -0.3 is 5.32 Å². The minimum Gasteiger partial charge on any atom is -0.322 e. The van der Waals surface area contributed by atoms with Crippen LogP contribution >= 0.6 is 11.6 Å². The van der Waals surface area contributed by atoms with Crippen LogP contribution in [0.3, 0.4) is 0 Å². The summed E-state index contributed by atoms with van der Waals surface area (Å²) in [4.78, 5) is 21.6. The SMILES string of the molecule is O=C(Nc1cccc(C(F)(F)F)c1)c1cc(-c2cccnc2)nc2c(Cl)cccc12. The number of nitrogens with one attached hydrogen (secondary N) is 1. The lowest BCUT2D eigenvalue weighted by molar-refractivity contribution is -0.137. The standard InChI is InChI=1S/C22H13ClF3N3O/c23-18-8-2-7-16-17(11-19(29-20(16)18)13-4-3-9-27-12-13)21(30)28-15-6-1-5-14(10-15)22(24,25)26/h1-12H,(H,28,30). The van der Waals surface area contributed by atoms with Gasteiger partial charge in [-0.15, -0.1) is 0 Å². The highest BCUT2D eigenvalue weighted by atomic mass is 35.5. The van der Waals surface area contributed by atoms with E-state index in [1.54, 1.807) is 48.8 Å². The first-order chi connectivity index (χ1) is 14.3. The molecule has 0 atom stereocenters. The molecule has 0 spiro atoms. The van der Waals surface area contributed by atoms with Gasteiger partial charge in [0.2, 0.25) is 0 Å². The zero-order valence-corrected chi connectivity index (χ0v) is 16.0. The van der Waals surface area contributed by atoms with Crippen molar-refractivity contribution in [2.45, 2.75) is 6.18 Å². The first kappa shape index (κ1) is 19.8. The molecule has 0 aliphatic heterocycles. The molecule has 8 heteroatoms. The first-order valence-corrected chi connectivity index (χ1v) is 9.19. The zero-order chi connectivity index (χ0) is 21.3. The molecule has 0 aliphatic rings. The van der Waals surface area contributed by atoms with Gasteiger partial charge >= 0.3 is 6.18 Å². The Labute approximate surface area is 174 Å². The van der Waals surface area contributed by atoms with Crippen molar-refractivity contribution in [1.82, 2.24) is 9.97 Å². The maximum Gasteiger partial charge on any atom is 0.416 e. The number of carbonyl (C=O) groups is 1. The van der Waals surface area contributed by atoms with Crippen LogP contribution in [0.1, 0.15) is 15.9 Å². The third kappa shape index (κ3) is 3.97. The molecule has 2 aromatic heterocycles. The molecule has 1 N–H and O–H groups in total. The fourth-order valence-corrected chi connectivity index (χ4v) is 3.25. The molecule has 0 saturated carbocycles. The summed E-state index contributed by atoms with van der Waals surface area (Å²) >= 11 is 6.29. The topological polar surface area (TPSA) is 54.9 Å². The molecule has 0 fully saturated rings. The van der Waals surface area contributed by atoms with Gasteiger partial charge in [0, 0.05) is 29.0 Å². The number of carbonyl (C=O) groups excluding carboxylic acids is 1. The molecule has 0 saturated heterocycles.